The molecule has 2 rings (SSSR count). The number of hydrogen-bond acceptors (Lipinski definition) is 5. The molecular formula is C22H30N2O3S. The van der Waals surface area contributed by atoms with Gasteiger partial charge < -0.3 is 19.3 Å². The number of nitrogens with zero attached hydrogens (tertiary/aromatic N) is 1. The highest BCUT2D eigenvalue weighted by molar-refractivity contribution is 7.81. The number of ether oxygens (including phenoxy) is 2. The number of nitrogens with one attached hydrogen (secondary N) is 1. The monoisotopic (exact) mass is 402 g/mol. The summed E-state index contributed by atoms with van der Waals surface area (Å²) in [5, 5.41) is 7.46. The summed E-state index contributed by atoms with van der Waals surface area (Å²) in [6, 6.07) is 7.57. The van der Waals surface area contributed by atoms with E-state index in [0.717, 1.165) is 25.0 Å². The van der Waals surface area contributed by atoms with E-state index in [1.807, 2.05) is 44.2 Å². The van der Waals surface area contributed by atoms with Crippen molar-refractivity contribution in [2.75, 3.05) is 18.5 Å². The zero-order chi connectivity index (χ0) is 20.6. The Morgan fingerprint density at radius 1 is 1.18 bits per heavy atom. The quantitative estimate of drug-likeness (QED) is 0.373. The number of anilines is 1. The molecule has 0 aliphatic heterocycles. The lowest BCUT2D eigenvalue weighted by Gasteiger charge is -2.27. The van der Waals surface area contributed by atoms with Gasteiger partial charge in [-0.15, -0.1) is 6.58 Å². The van der Waals surface area contributed by atoms with Gasteiger partial charge in [0.25, 0.3) is 0 Å². The molecule has 0 unspecified atom stereocenters. The zero-order valence-corrected chi connectivity index (χ0v) is 18.0. The molecular weight excluding hydrogens is 372 g/mol. The van der Waals surface area contributed by atoms with Crippen LogP contribution >= 0.6 is 12.2 Å². The fourth-order valence-electron chi connectivity index (χ4n) is 3.33. The number of rotatable bonds is 11. The fourth-order valence-corrected chi connectivity index (χ4v) is 3.63. The van der Waals surface area contributed by atoms with Crippen LogP contribution in [0.4, 0.5) is 5.88 Å². The average Bonchev–Trinajstić information content (AvgIpc) is 3.15. The van der Waals surface area contributed by atoms with Crippen molar-refractivity contribution < 1.29 is 14.0 Å². The number of hydrogen-bond donors (Lipinski definition) is 1. The smallest absolute Gasteiger partial charge is 0.229 e. The van der Waals surface area contributed by atoms with Gasteiger partial charge in [0.15, 0.2) is 0 Å². The van der Waals surface area contributed by atoms with Crippen molar-refractivity contribution in [2.24, 2.45) is 0 Å². The summed E-state index contributed by atoms with van der Waals surface area (Å²) in [5.74, 6) is 1.85. The predicted molar refractivity (Wildman–Crippen MR) is 118 cm³/mol. The van der Waals surface area contributed by atoms with Crippen LogP contribution < -0.4 is 14.8 Å². The molecule has 0 fully saturated rings. The van der Waals surface area contributed by atoms with Gasteiger partial charge in [-0.2, -0.15) is 0 Å². The van der Waals surface area contributed by atoms with Crippen LogP contribution in [0.15, 0.2) is 41.4 Å². The maximum absolute atomic E-state index is 5.74. The van der Waals surface area contributed by atoms with E-state index in [-0.39, 0.29) is 5.41 Å². The summed E-state index contributed by atoms with van der Waals surface area (Å²) in [7, 11) is 0. The molecule has 0 amide bonds. The second kappa shape index (κ2) is 10.3. The minimum absolute atomic E-state index is 0.0769. The lowest BCUT2D eigenvalue weighted by molar-refractivity contribution is 0.322. The third kappa shape index (κ3) is 4.73. The lowest BCUT2D eigenvalue weighted by atomic mass is 9.76. The first-order valence-corrected chi connectivity index (χ1v) is 10.2. The molecule has 6 heteroatoms. The number of aromatic nitrogens is 1. The number of benzene rings is 1. The van der Waals surface area contributed by atoms with Crippen LogP contribution in [0.5, 0.6) is 11.5 Å². The molecule has 1 aromatic carbocycles. The van der Waals surface area contributed by atoms with Gasteiger partial charge in [-0.05, 0) is 45.2 Å². The molecule has 1 aromatic heterocycles. The Labute approximate surface area is 173 Å². The summed E-state index contributed by atoms with van der Waals surface area (Å²) < 4.78 is 17.0. The van der Waals surface area contributed by atoms with Gasteiger partial charge in [0.05, 0.1) is 24.5 Å². The van der Waals surface area contributed by atoms with Crippen LogP contribution in [0.25, 0.3) is 0 Å². The van der Waals surface area contributed by atoms with E-state index in [4.69, 9.17) is 26.2 Å². The van der Waals surface area contributed by atoms with E-state index >= 15 is 0 Å². The molecule has 0 bridgehead atoms. The van der Waals surface area contributed by atoms with Gasteiger partial charge in [0, 0.05) is 11.5 Å². The molecule has 5 nitrogen and oxygen atoms in total. The third-order valence-electron chi connectivity index (χ3n) is 4.99. The van der Waals surface area contributed by atoms with Crippen LogP contribution in [0.1, 0.15) is 58.2 Å². The Kier molecular flexibility index (Phi) is 8.05. The van der Waals surface area contributed by atoms with Crippen molar-refractivity contribution in [1.29, 1.82) is 0 Å². The highest BCUT2D eigenvalue weighted by atomic mass is 32.1. The van der Waals surface area contributed by atoms with Gasteiger partial charge in [-0.25, -0.2) is 0 Å². The Balaban J connectivity index is 2.31. The van der Waals surface area contributed by atoms with Gasteiger partial charge in [-0.1, -0.05) is 43.4 Å². The van der Waals surface area contributed by atoms with Crippen molar-refractivity contribution in [3.63, 3.8) is 0 Å². The van der Waals surface area contributed by atoms with Crippen LogP contribution in [0, 0.1) is 0 Å². The molecule has 0 saturated carbocycles. The Morgan fingerprint density at radius 2 is 1.79 bits per heavy atom. The van der Waals surface area contributed by atoms with E-state index in [0.29, 0.717) is 41.1 Å². The molecule has 0 saturated heterocycles. The topological polar surface area (TPSA) is 56.5 Å². The van der Waals surface area contributed by atoms with Gasteiger partial charge in [-0.3, -0.25) is 0 Å². The molecule has 1 N–H and O–H groups in total. The van der Waals surface area contributed by atoms with E-state index in [9.17, 15) is 0 Å². The summed E-state index contributed by atoms with van der Waals surface area (Å²) in [6.07, 6.45) is 4.69. The standard InChI is InChI=1S/C22H30N2O3S/c1-6-14-22(7-2,8-3)18-15-19(27-24-18)23-21(28)20-16(25-9-4)12-11-13-17(20)26-10-5/h6,11-13,15H,1,7-10,14H2,2-5H3,(H,23,28). The van der Waals surface area contributed by atoms with Gasteiger partial charge in [0.2, 0.25) is 5.88 Å². The Morgan fingerprint density at radius 3 is 2.29 bits per heavy atom. The predicted octanol–water partition coefficient (Wildman–Crippen LogP) is 5.89. The molecule has 2 aromatic rings. The summed E-state index contributed by atoms with van der Waals surface area (Å²) in [5.41, 5.74) is 1.54. The Hall–Kier alpha value is -2.34. The minimum atomic E-state index is -0.0769. The molecule has 152 valence electrons. The molecule has 1 heterocycles. The summed E-state index contributed by atoms with van der Waals surface area (Å²) in [6.45, 7) is 13.2. The van der Waals surface area contributed by atoms with E-state index in [1.165, 1.54) is 0 Å². The van der Waals surface area contributed by atoms with Crippen molar-refractivity contribution >= 4 is 23.1 Å². The van der Waals surface area contributed by atoms with Crippen LogP contribution in [-0.4, -0.2) is 23.4 Å². The van der Waals surface area contributed by atoms with Crippen LogP contribution in [0.3, 0.4) is 0 Å². The number of thiocarbonyl (C=S) groups is 1. The van der Waals surface area contributed by atoms with Crippen molar-refractivity contribution in [2.45, 2.75) is 52.4 Å². The third-order valence-corrected chi connectivity index (χ3v) is 5.30. The first-order valence-electron chi connectivity index (χ1n) is 9.83. The SMILES string of the molecule is C=CCC(CC)(CC)c1cc(NC(=S)c2c(OCC)cccc2OCC)on1. The molecule has 28 heavy (non-hydrogen) atoms. The first-order chi connectivity index (χ1) is 13.5. The van der Waals surface area contributed by atoms with E-state index in [2.05, 4.69) is 30.9 Å². The van der Waals surface area contributed by atoms with E-state index in [1.54, 1.807) is 0 Å². The van der Waals surface area contributed by atoms with Crippen LogP contribution in [0.2, 0.25) is 0 Å². The van der Waals surface area contributed by atoms with Crippen molar-refractivity contribution in [1.82, 2.24) is 5.16 Å². The molecule has 0 spiro atoms. The summed E-state index contributed by atoms with van der Waals surface area (Å²) >= 11 is 5.64. The van der Waals surface area contributed by atoms with Crippen molar-refractivity contribution in [3.8, 4) is 11.5 Å². The highest BCUT2D eigenvalue weighted by Gasteiger charge is 2.31. The fraction of sp³-hybridized carbons (Fsp3) is 0.455. The second-order valence-corrected chi connectivity index (χ2v) is 6.91. The Bertz CT molecular complexity index is 773. The molecule has 0 aliphatic rings. The van der Waals surface area contributed by atoms with Crippen LogP contribution in [-0.2, 0) is 5.41 Å². The lowest BCUT2D eigenvalue weighted by Crippen LogP contribution is -2.24. The van der Waals surface area contributed by atoms with Gasteiger partial charge in [0.1, 0.15) is 16.5 Å². The average molecular weight is 403 g/mol. The largest absolute Gasteiger partial charge is 0.493 e. The maximum atomic E-state index is 5.74. The maximum Gasteiger partial charge on any atom is 0.229 e. The van der Waals surface area contributed by atoms with Gasteiger partial charge >= 0.3 is 0 Å². The highest BCUT2D eigenvalue weighted by Crippen LogP contribution is 2.36. The number of allylic oxidation sites excluding steroid dienone is 1. The van der Waals surface area contributed by atoms with Crippen molar-refractivity contribution in [3.05, 3.63) is 48.2 Å². The summed E-state index contributed by atoms with van der Waals surface area (Å²) in [4.78, 5) is 0.470. The second-order valence-electron chi connectivity index (χ2n) is 6.51. The van der Waals surface area contributed by atoms with E-state index < -0.39 is 0 Å². The minimum Gasteiger partial charge on any atom is -0.493 e. The first kappa shape index (κ1) is 22.0. The zero-order valence-electron chi connectivity index (χ0n) is 17.2. The molecule has 0 aliphatic carbocycles. The normalized spacial score (nSPS) is 11.1. The molecule has 0 atom stereocenters. The molecule has 0 radical (unpaired) electrons.